The molecule has 2 aliphatic rings. The fourth-order valence-corrected chi connectivity index (χ4v) is 4.51. The van der Waals surface area contributed by atoms with Crippen molar-refractivity contribution in [1.29, 1.82) is 0 Å². The molecule has 0 bridgehead atoms. The van der Waals surface area contributed by atoms with Gasteiger partial charge in [-0.2, -0.15) is 0 Å². The average molecular weight is 308 g/mol. The Morgan fingerprint density at radius 1 is 1.19 bits per heavy atom. The quantitative estimate of drug-likeness (QED) is 0.905. The van der Waals surface area contributed by atoms with Gasteiger partial charge >= 0.3 is 0 Å². The number of rotatable bonds is 4. The number of carbonyl (C=O) groups is 1. The summed E-state index contributed by atoms with van der Waals surface area (Å²) in [6.45, 7) is 2.54. The van der Waals surface area contributed by atoms with Crippen molar-refractivity contribution in [2.45, 2.75) is 37.0 Å². The second kappa shape index (κ2) is 5.42. The van der Waals surface area contributed by atoms with Crippen molar-refractivity contribution in [2.75, 3.05) is 13.1 Å². The van der Waals surface area contributed by atoms with E-state index >= 15 is 0 Å². The van der Waals surface area contributed by atoms with Crippen LogP contribution in [-0.2, 0) is 14.8 Å². The Hall–Kier alpha value is -1.40. The van der Waals surface area contributed by atoms with Crippen LogP contribution in [-0.4, -0.2) is 43.6 Å². The first-order chi connectivity index (χ1) is 9.97. The Kier molecular flexibility index (Phi) is 3.75. The van der Waals surface area contributed by atoms with Crippen LogP contribution in [0.25, 0.3) is 0 Å². The van der Waals surface area contributed by atoms with Crippen molar-refractivity contribution in [1.82, 2.24) is 9.62 Å². The van der Waals surface area contributed by atoms with Gasteiger partial charge in [-0.25, -0.2) is 13.1 Å². The molecule has 1 aliphatic heterocycles. The molecule has 1 aromatic rings. The number of hydrogen-bond acceptors (Lipinski definition) is 3. The lowest BCUT2D eigenvalue weighted by molar-refractivity contribution is -0.127. The maximum Gasteiger partial charge on any atom is 0.219 e. The van der Waals surface area contributed by atoms with E-state index in [4.69, 9.17) is 0 Å². The number of nitrogens with one attached hydrogen (secondary N) is 1. The first kappa shape index (κ1) is 14.5. The summed E-state index contributed by atoms with van der Waals surface area (Å²) in [6.07, 6.45) is 1.49. The zero-order chi connectivity index (χ0) is 15.0. The molecule has 21 heavy (non-hydrogen) atoms. The molecular formula is C15H20N2O3S. The summed E-state index contributed by atoms with van der Waals surface area (Å²) in [5, 5.41) is -0.236. The monoisotopic (exact) mass is 308 g/mol. The lowest BCUT2D eigenvalue weighted by atomic mass is 9.95. The second-order valence-electron chi connectivity index (χ2n) is 5.91. The molecule has 1 heterocycles. The van der Waals surface area contributed by atoms with E-state index in [1.165, 1.54) is 6.92 Å². The molecule has 1 aliphatic carbocycles. The molecule has 6 heteroatoms. The van der Waals surface area contributed by atoms with Gasteiger partial charge in [-0.05, 0) is 18.4 Å². The summed E-state index contributed by atoms with van der Waals surface area (Å²) >= 11 is 0. The summed E-state index contributed by atoms with van der Waals surface area (Å²) in [4.78, 5) is 13.3. The first-order valence-electron chi connectivity index (χ1n) is 7.29. The second-order valence-corrected chi connectivity index (χ2v) is 7.90. The third-order valence-corrected chi connectivity index (χ3v) is 6.25. The van der Waals surface area contributed by atoms with E-state index < -0.39 is 10.0 Å². The molecule has 1 saturated heterocycles. The van der Waals surface area contributed by atoms with E-state index in [0.717, 1.165) is 18.4 Å². The van der Waals surface area contributed by atoms with Crippen LogP contribution >= 0.6 is 0 Å². The zero-order valence-corrected chi connectivity index (χ0v) is 12.8. The summed E-state index contributed by atoms with van der Waals surface area (Å²) in [5.74, 6) is 0.00711. The fourth-order valence-electron chi connectivity index (χ4n) is 2.90. The predicted octanol–water partition coefficient (Wildman–Crippen LogP) is 1.08. The molecule has 2 atom stereocenters. The molecule has 2 fully saturated rings. The van der Waals surface area contributed by atoms with E-state index in [1.807, 2.05) is 30.3 Å². The van der Waals surface area contributed by atoms with Crippen LogP contribution in [0.1, 0.15) is 31.2 Å². The average Bonchev–Trinajstić information content (AvgIpc) is 3.22. The van der Waals surface area contributed by atoms with Crippen LogP contribution in [0.3, 0.4) is 0 Å². The maximum atomic E-state index is 12.2. The molecule has 1 amide bonds. The van der Waals surface area contributed by atoms with Gasteiger partial charge in [0, 0.05) is 32.0 Å². The standard InChI is InChI=1S/C15H20N2O3S/c1-11(18)17-9-14(12-5-3-2-4-6-12)15(10-17)16-21(19,20)13-7-8-13/h2-6,13-16H,7-10H2,1H3/t14-,15+/m1/s1. The lowest BCUT2D eigenvalue weighted by Gasteiger charge is -2.19. The minimum atomic E-state index is -3.25. The SMILES string of the molecule is CC(=O)N1C[C@H](NS(=O)(=O)C2CC2)[C@@H](c2ccccc2)C1. The molecule has 1 aromatic carbocycles. The van der Waals surface area contributed by atoms with Crippen molar-refractivity contribution in [3.63, 3.8) is 0 Å². The Morgan fingerprint density at radius 2 is 1.86 bits per heavy atom. The van der Waals surface area contributed by atoms with E-state index in [0.29, 0.717) is 13.1 Å². The number of amides is 1. The number of sulfonamides is 1. The third-order valence-electron chi connectivity index (χ3n) is 4.27. The molecule has 1 N–H and O–H groups in total. The van der Waals surface area contributed by atoms with Crippen molar-refractivity contribution in [3.8, 4) is 0 Å². The summed E-state index contributed by atoms with van der Waals surface area (Å²) in [5.41, 5.74) is 1.07. The summed E-state index contributed by atoms with van der Waals surface area (Å²) in [6, 6.07) is 9.57. The highest BCUT2D eigenvalue weighted by Gasteiger charge is 2.42. The van der Waals surface area contributed by atoms with Gasteiger partial charge in [-0.15, -0.1) is 0 Å². The van der Waals surface area contributed by atoms with Gasteiger partial charge in [0.05, 0.1) is 5.25 Å². The molecular weight excluding hydrogens is 288 g/mol. The van der Waals surface area contributed by atoms with Crippen molar-refractivity contribution in [3.05, 3.63) is 35.9 Å². The van der Waals surface area contributed by atoms with Crippen LogP contribution in [0.4, 0.5) is 0 Å². The zero-order valence-electron chi connectivity index (χ0n) is 12.0. The predicted molar refractivity (Wildman–Crippen MR) is 80.3 cm³/mol. The number of carbonyl (C=O) groups excluding carboxylic acids is 1. The Bertz CT molecular complexity index is 626. The Balaban J connectivity index is 1.83. The van der Waals surface area contributed by atoms with Crippen LogP contribution in [0.5, 0.6) is 0 Å². The van der Waals surface area contributed by atoms with Crippen molar-refractivity contribution in [2.24, 2.45) is 0 Å². The van der Waals surface area contributed by atoms with Gasteiger partial charge in [0.15, 0.2) is 0 Å². The highest BCUT2D eigenvalue weighted by Crippen LogP contribution is 2.32. The fraction of sp³-hybridized carbons (Fsp3) is 0.533. The largest absolute Gasteiger partial charge is 0.341 e. The van der Waals surface area contributed by atoms with Crippen molar-refractivity contribution < 1.29 is 13.2 Å². The number of hydrogen-bond donors (Lipinski definition) is 1. The van der Waals surface area contributed by atoms with Crippen LogP contribution in [0, 0.1) is 0 Å². The smallest absolute Gasteiger partial charge is 0.219 e. The van der Waals surface area contributed by atoms with Gasteiger partial charge in [0.2, 0.25) is 15.9 Å². The van der Waals surface area contributed by atoms with Gasteiger partial charge in [0.1, 0.15) is 0 Å². The molecule has 5 nitrogen and oxygen atoms in total. The minimum absolute atomic E-state index is 0.0101. The Labute approximate surface area is 125 Å². The summed E-state index contributed by atoms with van der Waals surface area (Å²) in [7, 11) is -3.25. The molecule has 0 spiro atoms. The molecule has 0 aromatic heterocycles. The molecule has 3 rings (SSSR count). The highest BCUT2D eigenvalue weighted by atomic mass is 32.2. The third kappa shape index (κ3) is 3.11. The van der Waals surface area contributed by atoms with Gasteiger partial charge in [0.25, 0.3) is 0 Å². The van der Waals surface area contributed by atoms with Gasteiger partial charge in [-0.1, -0.05) is 30.3 Å². The molecule has 0 unspecified atom stereocenters. The number of nitrogens with zero attached hydrogens (tertiary/aromatic N) is 1. The van der Waals surface area contributed by atoms with E-state index in [-0.39, 0.29) is 23.1 Å². The maximum absolute atomic E-state index is 12.2. The van der Waals surface area contributed by atoms with Crippen LogP contribution in [0.15, 0.2) is 30.3 Å². The topological polar surface area (TPSA) is 66.5 Å². The molecule has 1 saturated carbocycles. The lowest BCUT2D eigenvalue weighted by Crippen LogP contribution is -2.41. The van der Waals surface area contributed by atoms with Crippen LogP contribution < -0.4 is 4.72 Å². The Morgan fingerprint density at radius 3 is 2.43 bits per heavy atom. The first-order valence-corrected chi connectivity index (χ1v) is 8.83. The van der Waals surface area contributed by atoms with Crippen LogP contribution in [0.2, 0.25) is 0 Å². The van der Waals surface area contributed by atoms with Crippen molar-refractivity contribution >= 4 is 15.9 Å². The van der Waals surface area contributed by atoms with E-state index in [2.05, 4.69) is 4.72 Å². The highest BCUT2D eigenvalue weighted by molar-refractivity contribution is 7.90. The van der Waals surface area contributed by atoms with E-state index in [1.54, 1.807) is 4.90 Å². The van der Waals surface area contributed by atoms with E-state index in [9.17, 15) is 13.2 Å². The van der Waals surface area contributed by atoms with Gasteiger partial charge < -0.3 is 4.90 Å². The summed E-state index contributed by atoms with van der Waals surface area (Å²) < 4.78 is 27.2. The normalized spacial score (nSPS) is 26.0. The molecule has 114 valence electrons. The van der Waals surface area contributed by atoms with Gasteiger partial charge in [-0.3, -0.25) is 4.79 Å². The minimum Gasteiger partial charge on any atom is -0.341 e. The number of benzene rings is 1. The number of likely N-dealkylation sites (tertiary alicyclic amines) is 1. The molecule has 0 radical (unpaired) electrons.